The highest BCUT2D eigenvalue weighted by molar-refractivity contribution is 8.13. The van der Waals surface area contributed by atoms with Gasteiger partial charge in [-0.25, -0.2) is 0 Å². The number of thioether (sulfide) groups is 1. The zero-order valence-electron chi connectivity index (χ0n) is 18.7. The molecule has 0 unspecified atom stereocenters. The minimum Gasteiger partial charge on any atom is -0.399 e. The summed E-state index contributed by atoms with van der Waals surface area (Å²) in [6.45, 7) is 2.28. The molecular weight excluding hydrogens is 376 g/mol. The number of hydrogen-bond donors (Lipinski definition) is 2. The Labute approximate surface area is 184 Å². The van der Waals surface area contributed by atoms with Gasteiger partial charge < -0.3 is 11.1 Å². The second-order valence-corrected chi connectivity index (χ2v) is 9.25. The summed E-state index contributed by atoms with van der Waals surface area (Å²) in [4.78, 5) is 11.9. The van der Waals surface area contributed by atoms with Crippen LogP contribution < -0.4 is 11.1 Å². The van der Waals surface area contributed by atoms with Crippen molar-refractivity contribution in [1.82, 2.24) is 0 Å². The Morgan fingerprint density at radius 1 is 0.724 bits per heavy atom. The molecule has 0 atom stereocenters. The smallest absolute Gasteiger partial charge is 0.283 e. The van der Waals surface area contributed by atoms with Crippen LogP contribution in [0.3, 0.4) is 0 Å². The third-order valence-electron chi connectivity index (χ3n) is 5.39. The monoisotopic (exact) mass is 420 g/mol. The number of carbonyl (C=O) groups is 1. The fourth-order valence-electron chi connectivity index (χ4n) is 3.54. The predicted molar refractivity (Wildman–Crippen MR) is 132 cm³/mol. The number of hydrogen-bond acceptors (Lipinski definition) is 3. The molecule has 3 N–H and O–H groups in total. The highest BCUT2D eigenvalue weighted by Gasteiger charge is 2.02. The van der Waals surface area contributed by atoms with Crippen LogP contribution in [-0.4, -0.2) is 11.0 Å². The number of nitrogens with two attached hydrogens (primary N) is 1. The van der Waals surface area contributed by atoms with E-state index < -0.39 is 0 Å². The average molecular weight is 421 g/mol. The number of nitrogen functional groups attached to an aromatic ring is 1. The van der Waals surface area contributed by atoms with E-state index in [1.165, 1.54) is 108 Å². The molecule has 1 aromatic rings. The first-order chi connectivity index (χ1) is 14.2. The first-order valence-electron chi connectivity index (χ1n) is 12.0. The topological polar surface area (TPSA) is 55.1 Å². The van der Waals surface area contributed by atoms with E-state index in [0.29, 0.717) is 5.69 Å². The summed E-state index contributed by atoms with van der Waals surface area (Å²) in [6.07, 6.45) is 22.0. The van der Waals surface area contributed by atoms with E-state index in [0.717, 1.165) is 17.9 Å². The summed E-state index contributed by atoms with van der Waals surface area (Å²) < 4.78 is 0. The molecule has 0 aromatic heterocycles. The predicted octanol–water partition coefficient (Wildman–Crippen LogP) is 8.80. The van der Waals surface area contributed by atoms with Crippen molar-refractivity contribution in [2.75, 3.05) is 16.8 Å². The van der Waals surface area contributed by atoms with Gasteiger partial charge in [0.25, 0.3) is 5.24 Å². The molecule has 4 heteroatoms. The molecule has 0 aliphatic rings. The lowest BCUT2D eigenvalue weighted by Crippen LogP contribution is -2.05. The molecule has 0 aliphatic carbocycles. The van der Waals surface area contributed by atoms with E-state index in [4.69, 9.17) is 5.73 Å². The number of benzene rings is 1. The first-order valence-corrected chi connectivity index (χ1v) is 13.0. The number of unbranched alkanes of at least 4 members (excludes halogenated alkanes) is 15. The maximum Gasteiger partial charge on any atom is 0.283 e. The highest BCUT2D eigenvalue weighted by atomic mass is 32.2. The van der Waals surface area contributed by atoms with Crippen LogP contribution in [0.15, 0.2) is 24.3 Å². The molecule has 29 heavy (non-hydrogen) atoms. The highest BCUT2D eigenvalue weighted by Crippen LogP contribution is 2.17. The van der Waals surface area contributed by atoms with Crippen LogP contribution in [-0.2, 0) is 0 Å². The van der Waals surface area contributed by atoms with E-state index in [2.05, 4.69) is 12.2 Å². The van der Waals surface area contributed by atoms with Gasteiger partial charge in [0.05, 0.1) is 0 Å². The maximum absolute atomic E-state index is 11.9. The minimum atomic E-state index is 0.0238. The Morgan fingerprint density at radius 2 is 1.14 bits per heavy atom. The summed E-state index contributed by atoms with van der Waals surface area (Å²) in [5.74, 6) is 0.902. The molecule has 3 nitrogen and oxygen atoms in total. The Hall–Kier alpha value is -1.16. The zero-order chi connectivity index (χ0) is 21.0. The second-order valence-electron chi connectivity index (χ2n) is 8.19. The standard InChI is InChI=1S/C25H44N2OS/c1-2-3-4-5-6-7-8-9-10-11-12-13-14-15-16-17-22-29-25(28)27-24-20-18-23(26)19-21-24/h18-21H,2-17,22,26H2,1H3,(H,27,28). The largest absolute Gasteiger partial charge is 0.399 e. The van der Waals surface area contributed by atoms with E-state index >= 15 is 0 Å². The molecule has 166 valence electrons. The lowest BCUT2D eigenvalue weighted by Gasteiger charge is -2.05. The Morgan fingerprint density at radius 3 is 1.59 bits per heavy atom. The van der Waals surface area contributed by atoms with Gasteiger partial charge in [-0.1, -0.05) is 115 Å². The van der Waals surface area contributed by atoms with Gasteiger partial charge in [0.2, 0.25) is 0 Å². The van der Waals surface area contributed by atoms with Crippen LogP contribution in [0.25, 0.3) is 0 Å². The van der Waals surface area contributed by atoms with Crippen LogP contribution in [0, 0.1) is 0 Å². The van der Waals surface area contributed by atoms with E-state index in [1.54, 1.807) is 12.1 Å². The molecular formula is C25H44N2OS. The quantitative estimate of drug-likeness (QED) is 0.184. The van der Waals surface area contributed by atoms with Crippen molar-refractivity contribution >= 4 is 28.4 Å². The molecule has 1 aromatic carbocycles. The summed E-state index contributed by atoms with van der Waals surface area (Å²) in [5, 5.41) is 2.92. The SMILES string of the molecule is CCCCCCCCCCCCCCCCCCSC(=O)Nc1ccc(N)cc1. The van der Waals surface area contributed by atoms with Gasteiger partial charge in [-0.15, -0.1) is 0 Å². The van der Waals surface area contributed by atoms with Crippen molar-refractivity contribution < 1.29 is 4.79 Å². The van der Waals surface area contributed by atoms with Crippen molar-refractivity contribution in [3.63, 3.8) is 0 Å². The second kappa shape index (κ2) is 18.8. The summed E-state index contributed by atoms with van der Waals surface area (Å²) >= 11 is 1.38. The van der Waals surface area contributed by atoms with Gasteiger partial charge in [0.15, 0.2) is 0 Å². The van der Waals surface area contributed by atoms with Gasteiger partial charge in [0.1, 0.15) is 0 Å². The van der Waals surface area contributed by atoms with E-state index in [1.807, 2.05) is 12.1 Å². The molecule has 0 radical (unpaired) electrons. The number of carbonyl (C=O) groups excluding carboxylic acids is 1. The van der Waals surface area contributed by atoms with Gasteiger partial charge >= 0.3 is 0 Å². The lowest BCUT2D eigenvalue weighted by atomic mass is 10.0. The van der Waals surface area contributed by atoms with Gasteiger partial charge in [0, 0.05) is 17.1 Å². The maximum atomic E-state index is 11.9. The van der Waals surface area contributed by atoms with Crippen molar-refractivity contribution in [3.8, 4) is 0 Å². The Kier molecular flexibility index (Phi) is 16.8. The molecule has 1 rings (SSSR count). The van der Waals surface area contributed by atoms with Gasteiger partial charge in [-0.05, 0) is 30.7 Å². The molecule has 0 heterocycles. The van der Waals surface area contributed by atoms with Crippen LogP contribution in [0.1, 0.15) is 110 Å². The number of amides is 1. The fourth-order valence-corrected chi connectivity index (χ4v) is 4.26. The first kappa shape index (κ1) is 25.9. The van der Waals surface area contributed by atoms with Crippen LogP contribution in [0.4, 0.5) is 16.2 Å². The van der Waals surface area contributed by atoms with Crippen molar-refractivity contribution in [2.24, 2.45) is 0 Å². The van der Waals surface area contributed by atoms with Crippen LogP contribution in [0.5, 0.6) is 0 Å². The summed E-state index contributed by atoms with van der Waals surface area (Å²) in [7, 11) is 0. The molecule has 0 spiro atoms. The molecule has 1 amide bonds. The van der Waals surface area contributed by atoms with Crippen LogP contribution in [0.2, 0.25) is 0 Å². The lowest BCUT2D eigenvalue weighted by molar-refractivity contribution is 0.269. The van der Waals surface area contributed by atoms with E-state index in [9.17, 15) is 4.79 Å². The fraction of sp³-hybridized carbons (Fsp3) is 0.720. The third-order valence-corrected chi connectivity index (χ3v) is 6.25. The third kappa shape index (κ3) is 16.3. The van der Waals surface area contributed by atoms with Crippen molar-refractivity contribution in [2.45, 2.75) is 110 Å². The molecule has 0 fully saturated rings. The van der Waals surface area contributed by atoms with Gasteiger partial charge in [-0.3, -0.25) is 4.79 Å². The number of rotatable bonds is 18. The van der Waals surface area contributed by atoms with Crippen molar-refractivity contribution in [1.29, 1.82) is 0 Å². The Bertz CT molecular complexity index is 504. The van der Waals surface area contributed by atoms with E-state index in [-0.39, 0.29) is 5.24 Å². The molecule has 0 bridgehead atoms. The van der Waals surface area contributed by atoms with Gasteiger partial charge in [-0.2, -0.15) is 0 Å². The minimum absolute atomic E-state index is 0.0238. The normalized spacial score (nSPS) is 10.9. The summed E-state index contributed by atoms with van der Waals surface area (Å²) in [6, 6.07) is 7.27. The van der Waals surface area contributed by atoms with Crippen molar-refractivity contribution in [3.05, 3.63) is 24.3 Å². The molecule has 0 saturated heterocycles. The average Bonchev–Trinajstić information content (AvgIpc) is 2.72. The Balaban J connectivity index is 1.77. The molecule has 0 saturated carbocycles. The van der Waals surface area contributed by atoms with Crippen LogP contribution >= 0.6 is 11.8 Å². The molecule has 0 aliphatic heterocycles. The zero-order valence-corrected chi connectivity index (χ0v) is 19.5. The summed E-state index contributed by atoms with van der Waals surface area (Å²) in [5.41, 5.74) is 7.17. The number of nitrogens with one attached hydrogen (secondary N) is 1. The number of anilines is 2.